The van der Waals surface area contributed by atoms with Crippen LogP contribution in [0.4, 0.5) is 11.4 Å². The third-order valence-corrected chi connectivity index (χ3v) is 3.02. The van der Waals surface area contributed by atoms with Gasteiger partial charge in [0.15, 0.2) is 0 Å². The number of nitrogens with one attached hydrogen (secondary N) is 1. The highest BCUT2D eigenvalue weighted by Gasteiger charge is 2.27. The molecule has 1 aromatic carbocycles. The number of fused-ring (bicyclic) bond motifs is 1. The van der Waals surface area contributed by atoms with Crippen LogP contribution in [0.2, 0.25) is 0 Å². The van der Waals surface area contributed by atoms with E-state index >= 15 is 0 Å². The Labute approximate surface area is 98.2 Å². The highest BCUT2D eigenvalue weighted by molar-refractivity contribution is 6.08. The number of hydrogen-bond donors (Lipinski definition) is 2. The molecular formula is C12H12N4O. The van der Waals surface area contributed by atoms with E-state index in [1.165, 1.54) is 6.20 Å². The number of aromatic nitrogens is 2. The molecule has 86 valence electrons. The quantitative estimate of drug-likeness (QED) is 0.720. The van der Waals surface area contributed by atoms with Gasteiger partial charge in [-0.1, -0.05) is 12.1 Å². The number of benzene rings is 1. The first-order valence-electron chi connectivity index (χ1n) is 5.45. The van der Waals surface area contributed by atoms with E-state index in [1.54, 1.807) is 11.1 Å². The minimum atomic E-state index is -0.0598. The van der Waals surface area contributed by atoms with E-state index < -0.39 is 0 Å². The Morgan fingerprint density at radius 3 is 3.12 bits per heavy atom. The van der Waals surface area contributed by atoms with Crippen molar-refractivity contribution in [3.05, 3.63) is 41.7 Å². The zero-order valence-corrected chi connectivity index (χ0v) is 9.18. The van der Waals surface area contributed by atoms with Crippen molar-refractivity contribution in [2.75, 3.05) is 17.2 Å². The van der Waals surface area contributed by atoms with Crippen molar-refractivity contribution in [3.63, 3.8) is 0 Å². The third-order valence-electron chi connectivity index (χ3n) is 3.02. The lowest BCUT2D eigenvalue weighted by molar-refractivity contribution is 0.0989. The van der Waals surface area contributed by atoms with Crippen molar-refractivity contribution in [2.24, 2.45) is 0 Å². The fraction of sp³-hybridized carbons (Fsp3) is 0.167. The summed E-state index contributed by atoms with van der Waals surface area (Å²) in [6, 6.07) is 5.74. The number of nitrogens with two attached hydrogens (primary N) is 1. The lowest BCUT2D eigenvalue weighted by Gasteiger charge is -2.17. The summed E-state index contributed by atoms with van der Waals surface area (Å²) in [6.45, 7) is 0.674. The molecule has 0 unspecified atom stereocenters. The first kappa shape index (κ1) is 9.89. The topological polar surface area (TPSA) is 75.0 Å². The van der Waals surface area contributed by atoms with E-state index in [1.807, 2.05) is 18.2 Å². The Morgan fingerprint density at radius 2 is 2.35 bits per heavy atom. The molecule has 0 atom stereocenters. The molecule has 0 bridgehead atoms. The number of aromatic amines is 1. The zero-order valence-electron chi connectivity index (χ0n) is 9.18. The SMILES string of the molecule is Nc1cccc2c1N(C(=O)c1cn[nH]c1)CC2. The summed E-state index contributed by atoms with van der Waals surface area (Å²) >= 11 is 0. The van der Waals surface area contributed by atoms with E-state index in [0.717, 1.165) is 17.7 Å². The van der Waals surface area contributed by atoms with Crippen LogP contribution in [0.15, 0.2) is 30.6 Å². The van der Waals surface area contributed by atoms with Crippen molar-refractivity contribution in [2.45, 2.75) is 6.42 Å². The Morgan fingerprint density at radius 1 is 1.47 bits per heavy atom. The van der Waals surface area contributed by atoms with E-state index in [0.29, 0.717) is 17.8 Å². The average molecular weight is 228 g/mol. The summed E-state index contributed by atoms with van der Waals surface area (Å²) in [5.41, 5.74) is 9.12. The zero-order chi connectivity index (χ0) is 11.8. The molecule has 0 fully saturated rings. The molecule has 2 heterocycles. The lowest BCUT2D eigenvalue weighted by Crippen LogP contribution is -2.29. The van der Waals surface area contributed by atoms with Gasteiger partial charge in [0.25, 0.3) is 5.91 Å². The van der Waals surface area contributed by atoms with Gasteiger partial charge in [-0.25, -0.2) is 0 Å². The van der Waals surface area contributed by atoms with Crippen molar-refractivity contribution in [1.29, 1.82) is 0 Å². The molecule has 5 heteroatoms. The van der Waals surface area contributed by atoms with E-state index in [-0.39, 0.29) is 5.91 Å². The van der Waals surface area contributed by atoms with Crippen molar-refractivity contribution in [3.8, 4) is 0 Å². The highest BCUT2D eigenvalue weighted by Crippen LogP contribution is 2.34. The molecule has 1 aliphatic rings. The van der Waals surface area contributed by atoms with Crippen molar-refractivity contribution >= 4 is 17.3 Å². The normalized spacial score (nSPS) is 13.8. The first-order chi connectivity index (χ1) is 8.27. The maximum absolute atomic E-state index is 12.2. The molecule has 1 aromatic heterocycles. The maximum atomic E-state index is 12.2. The Kier molecular flexibility index (Phi) is 2.11. The van der Waals surface area contributed by atoms with Gasteiger partial charge >= 0.3 is 0 Å². The predicted molar refractivity (Wildman–Crippen MR) is 64.8 cm³/mol. The number of nitrogen functional groups attached to an aromatic ring is 1. The molecule has 0 radical (unpaired) electrons. The summed E-state index contributed by atoms with van der Waals surface area (Å²) < 4.78 is 0. The molecule has 2 aromatic rings. The van der Waals surface area contributed by atoms with Crippen molar-refractivity contribution < 1.29 is 4.79 Å². The van der Waals surface area contributed by atoms with Gasteiger partial charge in [-0.3, -0.25) is 9.89 Å². The molecule has 0 saturated carbocycles. The van der Waals surface area contributed by atoms with Gasteiger partial charge in [-0.05, 0) is 18.1 Å². The van der Waals surface area contributed by atoms with Gasteiger partial charge < -0.3 is 10.6 Å². The first-order valence-corrected chi connectivity index (χ1v) is 5.45. The van der Waals surface area contributed by atoms with Crippen LogP contribution in [0.3, 0.4) is 0 Å². The average Bonchev–Trinajstić information content (AvgIpc) is 2.98. The number of carbonyl (C=O) groups is 1. The number of amides is 1. The molecule has 1 aliphatic heterocycles. The van der Waals surface area contributed by atoms with Crippen LogP contribution in [-0.2, 0) is 6.42 Å². The molecule has 1 amide bonds. The monoisotopic (exact) mass is 228 g/mol. The number of rotatable bonds is 1. The van der Waals surface area contributed by atoms with Gasteiger partial charge in [-0.2, -0.15) is 5.10 Å². The second-order valence-electron chi connectivity index (χ2n) is 4.05. The largest absolute Gasteiger partial charge is 0.397 e. The summed E-state index contributed by atoms with van der Waals surface area (Å²) in [7, 11) is 0. The summed E-state index contributed by atoms with van der Waals surface area (Å²) in [5.74, 6) is -0.0598. The highest BCUT2D eigenvalue weighted by atomic mass is 16.2. The summed E-state index contributed by atoms with van der Waals surface area (Å²) in [6.07, 6.45) is 3.98. The number of para-hydroxylation sites is 1. The van der Waals surface area contributed by atoms with Crippen LogP contribution in [0.5, 0.6) is 0 Å². The van der Waals surface area contributed by atoms with Gasteiger partial charge in [-0.15, -0.1) is 0 Å². The van der Waals surface area contributed by atoms with Gasteiger partial charge in [0, 0.05) is 12.7 Å². The molecule has 0 spiro atoms. The van der Waals surface area contributed by atoms with E-state index in [4.69, 9.17) is 5.73 Å². The second-order valence-corrected chi connectivity index (χ2v) is 4.05. The smallest absolute Gasteiger partial charge is 0.261 e. The van der Waals surface area contributed by atoms with Crippen LogP contribution in [0.25, 0.3) is 0 Å². The van der Waals surface area contributed by atoms with Crippen LogP contribution in [0.1, 0.15) is 15.9 Å². The maximum Gasteiger partial charge on any atom is 0.261 e. The number of hydrogen-bond acceptors (Lipinski definition) is 3. The fourth-order valence-corrected chi connectivity index (χ4v) is 2.21. The van der Waals surface area contributed by atoms with Crippen LogP contribution in [-0.4, -0.2) is 22.6 Å². The molecule has 17 heavy (non-hydrogen) atoms. The number of anilines is 2. The molecular weight excluding hydrogens is 216 g/mol. The Hall–Kier alpha value is -2.30. The van der Waals surface area contributed by atoms with Gasteiger partial charge in [0.2, 0.25) is 0 Å². The molecule has 5 nitrogen and oxygen atoms in total. The second kappa shape index (κ2) is 3.62. The standard InChI is InChI=1S/C12H12N4O/c13-10-3-1-2-8-4-5-16(11(8)10)12(17)9-6-14-15-7-9/h1-3,6-7H,4-5,13H2,(H,14,15). The number of carbonyl (C=O) groups excluding carboxylic acids is 1. The molecule has 0 aliphatic carbocycles. The lowest BCUT2D eigenvalue weighted by atomic mass is 10.1. The third kappa shape index (κ3) is 1.47. The summed E-state index contributed by atoms with van der Waals surface area (Å²) in [5, 5.41) is 6.43. The molecule has 3 N–H and O–H groups in total. The number of H-pyrrole nitrogens is 1. The molecule has 3 rings (SSSR count). The Balaban J connectivity index is 2.02. The van der Waals surface area contributed by atoms with Crippen LogP contribution >= 0.6 is 0 Å². The van der Waals surface area contributed by atoms with E-state index in [2.05, 4.69) is 10.2 Å². The summed E-state index contributed by atoms with van der Waals surface area (Å²) in [4.78, 5) is 14.0. The minimum Gasteiger partial charge on any atom is -0.397 e. The molecule has 0 saturated heterocycles. The minimum absolute atomic E-state index is 0.0598. The van der Waals surface area contributed by atoms with Gasteiger partial charge in [0.1, 0.15) is 0 Å². The Bertz CT molecular complexity index is 562. The fourth-order valence-electron chi connectivity index (χ4n) is 2.21. The van der Waals surface area contributed by atoms with Crippen molar-refractivity contribution in [1.82, 2.24) is 10.2 Å². The van der Waals surface area contributed by atoms with Crippen LogP contribution < -0.4 is 10.6 Å². The van der Waals surface area contributed by atoms with E-state index in [9.17, 15) is 4.79 Å². The van der Waals surface area contributed by atoms with Crippen LogP contribution in [0, 0.1) is 0 Å². The number of nitrogens with zero attached hydrogens (tertiary/aromatic N) is 2. The predicted octanol–water partition coefficient (Wildman–Crippen LogP) is 1.19. The van der Waals surface area contributed by atoms with Gasteiger partial charge in [0.05, 0.1) is 23.1 Å².